The summed E-state index contributed by atoms with van der Waals surface area (Å²) in [5, 5.41) is 8.69. The van der Waals surface area contributed by atoms with Crippen molar-refractivity contribution < 1.29 is 14.6 Å². The predicted molar refractivity (Wildman–Crippen MR) is 65.8 cm³/mol. The molecule has 0 spiro atoms. The lowest BCUT2D eigenvalue weighted by atomic mass is 10.2. The highest BCUT2D eigenvalue weighted by Gasteiger charge is 2.11. The number of ether oxygens (including phenoxy) is 1. The Morgan fingerprint density at radius 2 is 2.25 bits per heavy atom. The molecule has 0 aliphatic carbocycles. The van der Waals surface area contributed by atoms with Crippen LogP contribution in [0.15, 0.2) is 22.7 Å². The predicted octanol–water partition coefficient (Wildman–Crippen LogP) is 1.80. The largest absolute Gasteiger partial charge is 0.496 e. The zero-order chi connectivity index (χ0) is 12.1. The van der Waals surface area contributed by atoms with Crippen molar-refractivity contribution in [2.24, 2.45) is 0 Å². The minimum Gasteiger partial charge on any atom is -0.496 e. The standard InChI is InChI=1S/C11H14BrNO3/c1-13(11(15)5-6-14)8-3-4-10(16-2)9(12)7-8/h3-4,7,14H,5-6H2,1-2H3. The normalized spacial score (nSPS) is 10.0. The third-order valence-corrected chi connectivity index (χ3v) is 2.84. The lowest BCUT2D eigenvalue weighted by Crippen LogP contribution is -2.26. The van der Waals surface area contributed by atoms with Crippen molar-refractivity contribution in [3.63, 3.8) is 0 Å². The second kappa shape index (κ2) is 5.86. The highest BCUT2D eigenvalue weighted by Crippen LogP contribution is 2.29. The fourth-order valence-electron chi connectivity index (χ4n) is 1.27. The Bertz CT molecular complexity index is 381. The lowest BCUT2D eigenvalue weighted by molar-refractivity contribution is -0.118. The summed E-state index contributed by atoms with van der Waals surface area (Å²) in [4.78, 5) is 13.0. The highest BCUT2D eigenvalue weighted by atomic mass is 79.9. The van der Waals surface area contributed by atoms with Crippen LogP contribution in [0.2, 0.25) is 0 Å². The van der Waals surface area contributed by atoms with Gasteiger partial charge in [0.05, 0.1) is 24.6 Å². The number of hydrogen-bond donors (Lipinski definition) is 1. The molecule has 0 atom stereocenters. The SMILES string of the molecule is COc1ccc(N(C)C(=O)CCO)cc1Br. The van der Waals surface area contributed by atoms with Gasteiger partial charge in [-0.3, -0.25) is 4.79 Å². The van der Waals surface area contributed by atoms with Gasteiger partial charge in [-0.2, -0.15) is 0 Å². The van der Waals surface area contributed by atoms with Gasteiger partial charge >= 0.3 is 0 Å². The van der Waals surface area contributed by atoms with E-state index in [4.69, 9.17) is 9.84 Å². The van der Waals surface area contributed by atoms with E-state index < -0.39 is 0 Å². The van der Waals surface area contributed by atoms with Crippen LogP contribution in [-0.4, -0.2) is 31.8 Å². The van der Waals surface area contributed by atoms with E-state index in [1.807, 2.05) is 0 Å². The van der Waals surface area contributed by atoms with Crippen LogP contribution in [0.4, 0.5) is 5.69 Å². The molecule has 1 aromatic rings. The Kier molecular flexibility index (Phi) is 4.76. The molecule has 0 aromatic heterocycles. The van der Waals surface area contributed by atoms with E-state index in [-0.39, 0.29) is 18.9 Å². The maximum absolute atomic E-state index is 11.5. The van der Waals surface area contributed by atoms with Gasteiger partial charge in [0.2, 0.25) is 5.91 Å². The van der Waals surface area contributed by atoms with Gasteiger partial charge < -0.3 is 14.7 Å². The minimum absolute atomic E-state index is 0.125. The quantitative estimate of drug-likeness (QED) is 0.919. The molecule has 16 heavy (non-hydrogen) atoms. The second-order valence-electron chi connectivity index (χ2n) is 3.25. The number of aliphatic hydroxyl groups is 1. The molecule has 0 unspecified atom stereocenters. The molecular formula is C11H14BrNO3. The molecule has 0 heterocycles. The van der Waals surface area contributed by atoms with Gasteiger partial charge in [0.15, 0.2) is 0 Å². The van der Waals surface area contributed by atoms with Gasteiger partial charge in [-0.15, -0.1) is 0 Å². The Balaban J connectivity index is 2.88. The van der Waals surface area contributed by atoms with E-state index in [0.29, 0.717) is 5.75 Å². The summed E-state index contributed by atoms with van der Waals surface area (Å²) in [6.45, 7) is -0.138. The molecule has 1 aromatic carbocycles. The average molecular weight is 288 g/mol. The van der Waals surface area contributed by atoms with Crippen molar-refractivity contribution in [2.75, 3.05) is 25.7 Å². The number of halogens is 1. The van der Waals surface area contributed by atoms with E-state index in [1.54, 1.807) is 32.4 Å². The van der Waals surface area contributed by atoms with Crippen LogP contribution in [0.3, 0.4) is 0 Å². The molecule has 0 bridgehead atoms. The molecule has 0 saturated carbocycles. The first-order valence-electron chi connectivity index (χ1n) is 4.81. The van der Waals surface area contributed by atoms with E-state index in [9.17, 15) is 4.79 Å². The fraction of sp³-hybridized carbons (Fsp3) is 0.364. The summed E-state index contributed by atoms with van der Waals surface area (Å²) in [6.07, 6.45) is 0.125. The van der Waals surface area contributed by atoms with E-state index >= 15 is 0 Å². The molecule has 1 rings (SSSR count). The number of amides is 1. The molecule has 1 N–H and O–H groups in total. The van der Waals surface area contributed by atoms with Gasteiger partial charge in [0.1, 0.15) is 5.75 Å². The number of carbonyl (C=O) groups is 1. The minimum atomic E-state index is -0.138. The third kappa shape index (κ3) is 2.96. The van der Waals surface area contributed by atoms with Crippen molar-refractivity contribution in [3.8, 4) is 5.75 Å². The van der Waals surface area contributed by atoms with Crippen LogP contribution in [0.1, 0.15) is 6.42 Å². The van der Waals surface area contributed by atoms with Gasteiger partial charge in [0.25, 0.3) is 0 Å². The number of hydrogen-bond acceptors (Lipinski definition) is 3. The van der Waals surface area contributed by atoms with Crippen LogP contribution >= 0.6 is 15.9 Å². The number of nitrogens with zero attached hydrogens (tertiary/aromatic N) is 1. The monoisotopic (exact) mass is 287 g/mol. The van der Waals surface area contributed by atoms with Gasteiger partial charge in [-0.05, 0) is 34.1 Å². The van der Waals surface area contributed by atoms with E-state index in [2.05, 4.69) is 15.9 Å². The molecule has 0 saturated heterocycles. The first kappa shape index (κ1) is 13.0. The Labute approximate surface area is 103 Å². The second-order valence-corrected chi connectivity index (χ2v) is 4.10. The highest BCUT2D eigenvalue weighted by molar-refractivity contribution is 9.10. The smallest absolute Gasteiger partial charge is 0.229 e. The topological polar surface area (TPSA) is 49.8 Å². The number of methoxy groups -OCH3 is 1. The summed E-state index contributed by atoms with van der Waals surface area (Å²) in [7, 11) is 3.26. The Morgan fingerprint density at radius 3 is 2.75 bits per heavy atom. The van der Waals surface area contributed by atoms with Crippen LogP contribution in [0.25, 0.3) is 0 Å². The number of rotatable bonds is 4. The molecule has 88 valence electrons. The molecule has 4 nitrogen and oxygen atoms in total. The van der Waals surface area contributed by atoms with E-state index in [0.717, 1.165) is 10.2 Å². The molecule has 0 aliphatic rings. The number of aliphatic hydroxyl groups excluding tert-OH is 1. The summed E-state index contributed by atoms with van der Waals surface area (Å²) < 4.78 is 5.89. The van der Waals surface area contributed by atoms with Crippen LogP contribution in [0.5, 0.6) is 5.75 Å². The molecule has 0 fully saturated rings. The number of anilines is 1. The van der Waals surface area contributed by atoms with E-state index in [1.165, 1.54) is 4.90 Å². The summed E-state index contributed by atoms with van der Waals surface area (Å²) in [5.74, 6) is 0.589. The first-order valence-corrected chi connectivity index (χ1v) is 5.60. The van der Waals surface area contributed by atoms with Crippen molar-refractivity contribution in [3.05, 3.63) is 22.7 Å². The van der Waals surface area contributed by atoms with Gasteiger partial charge in [-0.25, -0.2) is 0 Å². The molecule has 1 amide bonds. The summed E-state index contributed by atoms with van der Waals surface area (Å²) in [6, 6.07) is 5.37. The van der Waals surface area contributed by atoms with Crippen molar-refractivity contribution in [1.29, 1.82) is 0 Å². The van der Waals surface area contributed by atoms with Crippen LogP contribution in [-0.2, 0) is 4.79 Å². The average Bonchev–Trinajstić information content (AvgIpc) is 2.28. The molecule has 0 radical (unpaired) electrons. The van der Waals surface area contributed by atoms with Gasteiger partial charge in [-0.1, -0.05) is 0 Å². The van der Waals surface area contributed by atoms with Gasteiger partial charge in [0, 0.05) is 12.7 Å². The molecular weight excluding hydrogens is 274 g/mol. The lowest BCUT2D eigenvalue weighted by Gasteiger charge is -2.17. The zero-order valence-corrected chi connectivity index (χ0v) is 10.8. The third-order valence-electron chi connectivity index (χ3n) is 2.22. The Morgan fingerprint density at radius 1 is 1.56 bits per heavy atom. The van der Waals surface area contributed by atoms with Crippen LogP contribution in [0, 0.1) is 0 Å². The van der Waals surface area contributed by atoms with Crippen molar-refractivity contribution in [1.82, 2.24) is 0 Å². The van der Waals surface area contributed by atoms with Crippen molar-refractivity contribution in [2.45, 2.75) is 6.42 Å². The van der Waals surface area contributed by atoms with Crippen molar-refractivity contribution >= 4 is 27.5 Å². The fourth-order valence-corrected chi connectivity index (χ4v) is 1.80. The van der Waals surface area contributed by atoms with Crippen LogP contribution < -0.4 is 9.64 Å². The maximum atomic E-state index is 11.5. The number of benzene rings is 1. The number of carbonyl (C=O) groups excluding carboxylic acids is 1. The maximum Gasteiger partial charge on any atom is 0.229 e. The molecule has 0 aliphatic heterocycles. The zero-order valence-electron chi connectivity index (χ0n) is 9.24. The molecule has 5 heteroatoms. The summed E-state index contributed by atoms with van der Waals surface area (Å²) in [5.41, 5.74) is 0.756. The Hall–Kier alpha value is -1.07. The first-order chi connectivity index (χ1) is 7.60. The summed E-state index contributed by atoms with van der Waals surface area (Å²) >= 11 is 3.35.